The number of carbonyl (C=O) groups is 2. The Balaban J connectivity index is 2.00. The number of phenols is 1. The lowest BCUT2D eigenvalue weighted by Gasteiger charge is -2.21. The lowest BCUT2D eigenvalue weighted by Crippen LogP contribution is -2.41. The first kappa shape index (κ1) is 31.0. The van der Waals surface area contributed by atoms with Gasteiger partial charge in [-0.15, -0.1) is 0 Å². The molecule has 0 heterocycles. The van der Waals surface area contributed by atoms with Crippen LogP contribution in [0.25, 0.3) is 0 Å². The lowest BCUT2D eigenvalue weighted by atomic mass is 10.0. The summed E-state index contributed by atoms with van der Waals surface area (Å²) in [5.74, 6) is -1.20. The molecule has 0 aromatic heterocycles. The number of nitrogens with zero attached hydrogens (tertiary/aromatic N) is 1. The van der Waals surface area contributed by atoms with E-state index in [-0.39, 0.29) is 5.75 Å². The van der Waals surface area contributed by atoms with Crippen LogP contribution in [0, 0.1) is 0 Å². The first-order valence-electron chi connectivity index (χ1n) is 14.4. The number of rotatable bonds is 22. The Morgan fingerprint density at radius 2 is 1.06 bits per heavy atom. The summed E-state index contributed by atoms with van der Waals surface area (Å²) in [6, 6.07) is 7.09. The van der Waals surface area contributed by atoms with E-state index < -0.39 is 11.8 Å². The fraction of sp³-hybridized carbons (Fsp3) is 0.733. The smallest absolute Gasteiger partial charge is 0.311 e. The monoisotopic (exact) mass is 488 g/mol. The third-order valence-electron chi connectivity index (χ3n) is 6.86. The van der Waals surface area contributed by atoms with Gasteiger partial charge in [0.25, 0.3) is 0 Å². The van der Waals surface area contributed by atoms with Gasteiger partial charge in [0.1, 0.15) is 5.75 Å². The van der Waals surface area contributed by atoms with Crippen LogP contribution in [0.3, 0.4) is 0 Å². The third-order valence-corrected chi connectivity index (χ3v) is 6.86. The Bertz CT molecular complexity index is 660. The van der Waals surface area contributed by atoms with Crippen molar-refractivity contribution in [2.75, 3.05) is 13.1 Å². The van der Waals surface area contributed by atoms with Gasteiger partial charge in [-0.2, -0.15) is 0 Å². The molecule has 2 amide bonds. The molecular weight excluding hydrogens is 436 g/mol. The van der Waals surface area contributed by atoms with Crippen LogP contribution in [0.4, 0.5) is 0 Å². The van der Waals surface area contributed by atoms with Crippen molar-refractivity contribution >= 4 is 11.8 Å². The Hall–Kier alpha value is -2.04. The van der Waals surface area contributed by atoms with Gasteiger partial charge in [0.15, 0.2) is 0 Å². The largest absolute Gasteiger partial charge is 0.508 e. The molecule has 0 atom stereocenters. The highest BCUT2D eigenvalue weighted by molar-refractivity contribution is 6.34. The molecule has 200 valence electrons. The number of unbranched alkanes of at least 4 members (excludes halogenated alkanes) is 16. The fourth-order valence-electron chi connectivity index (χ4n) is 4.63. The van der Waals surface area contributed by atoms with Crippen molar-refractivity contribution in [3.8, 4) is 5.75 Å². The summed E-state index contributed by atoms with van der Waals surface area (Å²) < 4.78 is 0. The van der Waals surface area contributed by atoms with Crippen LogP contribution in [0.15, 0.2) is 24.3 Å². The molecule has 0 unspecified atom stereocenters. The molecule has 0 radical (unpaired) electrons. The molecule has 1 rings (SSSR count). The summed E-state index contributed by atoms with van der Waals surface area (Å²) in [5, 5.41) is 9.37. The molecule has 0 saturated heterocycles. The second-order valence-corrected chi connectivity index (χ2v) is 10.1. The number of nitrogens with two attached hydrogens (primary N) is 1. The highest BCUT2D eigenvalue weighted by Crippen LogP contribution is 2.15. The van der Waals surface area contributed by atoms with Gasteiger partial charge in [-0.25, -0.2) is 0 Å². The van der Waals surface area contributed by atoms with E-state index in [2.05, 4.69) is 6.92 Å². The Morgan fingerprint density at radius 1 is 0.657 bits per heavy atom. The average Bonchev–Trinajstić information content (AvgIpc) is 2.85. The van der Waals surface area contributed by atoms with Gasteiger partial charge < -0.3 is 15.7 Å². The average molecular weight is 489 g/mol. The number of amides is 2. The standard InChI is InChI=1S/C30H52N2O3/c1-2-3-4-5-6-7-8-9-10-11-12-13-14-15-16-17-18-25-32(30(35)29(31)34)26-19-20-27-21-23-28(33)24-22-27/h21-24,33H,2-20,25-26H2,1H3,(H2,31,34). The molecule has 5 heteroatoms. The van der Waals surface area contributed by atoms with E-state index in [0.29, 0.717) is 13.1 Å². The Labute approximate surface area is 214 Å². The number of hydrogen-bond donors (Lipinski definition) is 2. The topological polar surface area (TPSA) is 83.6 Å². The molecule has 0 bridgehead atoms. The third kappa shape index (κ3) is 17.1. The van der Waals surface area contributed by atoms with Gasteiger partial charge in [-0.05, 0) is 37.0 Å². The molecule has 0 aliphatic heterocycles. The number of aromatic hydroxyl groups is 1. The van der Waals surface area contributed by atoms with Crippen molar-refractivity contribution in [2.24, 2.45) is 5.73 Å². The van der Waals surface area contributed by atoms with Gasteiger partial charge in [0.05, 0.1) is 0 Å². The lowest BCUT2D eigenvalue weighted by molar-refractivity contribution is -0.144. The molecule has 1 aromatic rings. The van der Waals surface area contributed by atoms with Crippen molar-refractivity contribution in [1.29, 1.82) is 0 Å². The maximum Gasteiger partial charge on any atom is 0.311 e. The minimum absolute atomic E-state index is 0.248. The van der Waals surface area contributed by atoms with Crippen LogP contribution in [0.2, 0.25) is 0 Å². The first-order chi connectivity index (χ1) is 17.0. The Morgan fingerprint density at radius 3 is 1.49 bits per heavy atom. The predicted molar refractivity (Wildman–Crippen MR) is 146 cm³/mol. The zero-order valence-corrected chi connectivity index (χ0v) is 22.4. The summed E-state index contributed by atoms with van der Waals surface area (Å²) in [4.78, 5) is 25.2. The van der Waals surface area contributed by atoms with E-state index in [9.17, 15) is 14.7 Å². The number of aryl methyl sites for hydroxylation is 1. The quantitative estimate of drug-likeness (QED) is 0.133. The van der Waals surface area contributed by atoms with Crippen LogP contribution in [-0.4, -0.2) is 34.9 Å². The molecule has 5 nitrogen and oxygen atoms in total. The highest BCUT2D eigenvalue weighted by atomic mass is 16.3. The van der Waals surface area contributed by atoms with Crippen molar-refractivity contribution in [3.05, 3.63) is 29.8 Å². The molecule has 0 aliphatic rings. The second-order valence-electron chi connectivity index (χ2n) is 10.1. The van der Waals surface area contributed by atoms with Gasteiger partial charge in [0.2, 0.25) is 0 Å². The number of primary amides is 1. The minimum atomic E-state index is -0.874. The van der Waals surface area contributed by atoms with Crippen molar-refractivity contribution in [2.45, 2.75) is 129 Å². The zero-order valence-electron chi connectivity index (χ0n) is 22.4. The van der Waals surface area contributed by atoms with Crippen molar-refractivity contribution in [3.63, 3.8) is 0 Å². The fourth-order valence-corrected chi connectivity index (χ4v) is 4.63. The van der Waals surface area contributed by atoms with Crippen LogP contribution in [0.5, 0.6) is 5.75 Å². The van der Waals surface area contributed by atoms with E-state index in [1.807, 2.05) is 12.1 Å². The predicted octanol–water partition coefficient (Wildman–Crippen LogP) is 7.29. The van der Waals surface area contributed by atoms with Crippen LogP contribution in [0.1, 0.15) is 128 Å². The molecule has 0 spiro atoms. The molecule has 0 aliphatic carbocycles. The maximum atomic E-state index is 12.2. The number of phenolic OH excluding ortho intramolecular Hbond substituents is 1. The van der Waals surface area contributed by atoms with Crippen LogP contribution < -0.4 is 5.73 Å². The summed E-state index contributed by atoms with van der Waals surface area (Å²) in [6.07, 6.45) is 24.0. The van der Waals surface area contributed by atoms with E-state index in [1.165, 1.54) is 96.3 Å². The molecular formula is C30H52N2O3. The van der Waals surface area contributed by atoms with E-state index in [4.69, 9.17) is 5.73 Å². The van der Waals surface area contributed by atoms with Crippen LogP contribution >= 0.6 is 0 Å². The highest BCUT2D eigenvalue weighted by Gasteiger charge is 2.18. The first-order valence-corrected chi connectivity index (χ1v) is 14.4. The second kappa shape index (κ2) is 21.3. The van der Waals surface area contributed by atoms with Gasteiger partial charge >= 0.3 is 11.8 Å². The van der Waals surface area contributed by atoms with Gasteiger partial charge in [-0.3, -0.25) is 9.59 Å². The summed E-state index contributed by atoms with van der Waals surface area (Å²) in [5.41, 5.74) is 6.35. The van der Waals surface area contributed by atoms with E-state index >= 15 is 0 Å². The molecule has 0 fully saturated rings. The van der Waals surface area contributed by atoms with Crippen molar-refractivity contribution in [1.82, 2.24) is 4.90 Å². The van der Waals surface area contributed by atoms with Crippen molar-refractivity contribution < 1.29 is 14.7 Å². The molecule has 3 N–H and O–H groups in total. The number of hydrogen-bond acceptors (Lipinski definition) is 3. The normalized spacial score (nSPS) is 11.0. The summed E-state index contributed by atoms with van der Waals surface area (Å²) >= 11 is 0. The minimum Gasteiger partial charge on any atom is -0.508 e. The molecule has 35 heavy (non-hydrogen) atoms. The van der Waals surface area contributed by atoms with E-state index in [1.54, 1.807) is 17.0 Å². The van der Waals surface area contributed by atoms with Gasteiger partial charge in [0, 0.05) is 13.1 Å². The number of carbonyl (C=O) groups excluding carboxylic acids is 2. The zero-order chi connectivity index (χ0) is 25.6. The maximum absolute atomic E-state index is 12.2. The molecule has 1 aromatic carbocycles. The molecule has 0 saturated carbocycles. The van der Waals surface area contributed by atoms with E-state index in [0.717, 1.165) is 31.2 Å². The summed E-state index contributed by atoms with van der Waals surface area (Å²) in [7, 11) is 0. The number of benzene rings is 1. The summed E-state index contributed by atoms with van der Waals surface area (Å²) in [6.45, 7) is 3.40. The Kier molecular flexibility index (Phi) is 18.8. The SMILES string of the molecule is CCCCCCCCCCCCCCCCCCCN(CCCc1ccc(O)cc1)C(=O)C(N)=O. The van der Waals surface area contributed by atoms with Gasteiger partial charge in [-0.1, -0.05) is 122 Å². The van der Waals surface area contributed by atoms with Crippen LogP contribution in [-0.2, 0) is 16.0 Å².